The molecule has 0 bridgehead atoms. The van der Waals surface area contributed by atoms with E-state index in [0.29, 0.717) is 64.2 Å². The number of carbonyl (C=O) groups is 6. The molecular formula is C89H170N4Na2O20P2. The minimum Gasteiger partial charge on any atom is -1.00 e. The molecule has 28 heteroatoms. The largest absolute Gasteiger partial charge is 1.00 e. The molecule has 678 valence electrons. The zero-order valence-electron chi connectivity index (χ0n) is 77.7. The monoisotopic (exact) mass is 1720 g/mol. The fourth-order valence-corrected chi connectivity index (χ4v) is 15.2. The molecule has 8 atom stereocenters. The van der Waals surface area contributed by atoms with Gasteiger partial charge in [-0.3, -0.25) is 46.9 Å². The van der Waals surface area contributed by atoms with Crippen molar-refractivity contribution >= 4 is 51.2 Å². The number of phosphoric acid groups is 2. The number of hydrogen-bond donors (Lipinski definition) is 6. The van der Waals surface area contributed by atoms with Crippen LogP contribution in [0.4, 0.5) is 0 Å². The summed E-state index contributed by atoms with van der Waals surface area (Å²) in [5, 5.41) is 10.9. The van der Waals surface area contributed by atoms with Crippen LogP contribution in [0.25, 0.3) is 0 Å². The van der Waals surface area contributed by atoms with Crippen molar-refractivity contribution in [2.75, 3.05) is 65.9 Å². The van der Waals surface area contributed by atoms with E-state index >= 15 is 0 Å². The Kier molecular flexibility index (Phi) is 81.7. The van der Waals surface area contributed by atoms with E-state index < -0.39 is 84.0 Å². The minimum absolute atomic E-state index is 0. The summed E-state index contributed by atoms with van der Waals surface area (Å²) in [5.41, 5.74) is 0. The number of rotatable bonds is 84. The Bertz CT molecular complexity index is 2410. The minimum atomic E-state index is -4.80. The van der Waals surface area contributed by atoms with Crippen molar-refractivity contribution in [2.24, 2.45) is 0 Å². The summed E-state index contributed by atoms with van der Waals surface area (Å²) < 4.78 is 83.9. The molecule has 1 saturated heterocycles. The first-order valence-electron chi connectivity index (χ1n) is 46.2. The van der Waals surface area contributed by atoms with Gasteiger partial charge in [-0.1, -0.05) is 284 Å². The van der Waals surface area contributed by atoms with E-state index in [0.717, 1.165) is 128 Å². The maximum Gasteiger partial charge on any atom is 1.00 e. The van der Waals surface area contributed by atoms with Gasteiger partial charge in [0.15, 0.2) is 18.0 Å². The number of allylic oxidation sites excluding steroid dienone is 4. The smallest absolute Gasteiger partial charge is 1.00 e. The summed E-state index contributed by atoms with van der Waals surface area (Å²) in [4.78, 5) is 102. The third kappa shape index (κ3) is 73.3. The van der Waals surface area contributed by atoms with Crippen molar-refractivity contribution in [1.29, 1.82) is 0 Å². The van der Waals surface area contributed by atoms with Crippen molar-refractivity contribution in [1.82, 2.24) is 21.3 Å². The Balaban J connectivity index is -0.0000165. The standard InChI is InChI=1S/C89H168N4O20P2.2Na.2H/c1-9-15-21-27-31-35-37-41-43-49-55-61-81(94)92-77(73-104-69-65-79(59-53-47-25-19-13-5)110-83(96)63-57-51-45-39-33-29-23-17-11-3)75-108-114(100,101)106-71-67-90-87(98)85-86(113-89(7,8)112-85)88(99)91-68-72-107-115(102,103)109-76-78(93-82(95)62-56-50-44-42-38-36-32-28-22-16-10-2)74-105-70-66-80(60-54-48-26-20-14-6)111-84(97)64-58-52-46-40-34-30-24-18-12-4;;;;/h39-40,45-46,77-80,85-86H,9-38,41-44,47-76H2,1-8H3,(H,90,98)(H,91,99)(H,92,94)(H,93,95)(H,100,101)(H,102,103);;;;/q;2*+1;2*-1/b45-39-,46-40-;;;;/t77?,78?,79-,80-,85-,86+;;;;/m1..../s1. The average Bonchev–Trinajstić information content (AvgIpc) is 1.66. The number of esters is 2. The van der Waals surface area contributed by atoms with Crippen molar-refractivity contribution in [3.8, 4) is 0 Å². The van der Waals surface area contributed by atoms with Crippen LogP contribution in [0.1, 0.15) is 405 Å². The SMILES string of the molecule is CCCCCC/C=C\CCCC(=O)O[C@H](CCCCCCC)CCOCC(COP(=O)(O)OCCNC(=O)[C@H]1OC(C)(C)O[C@H]1C(=O)NCCOP(=O)(O)OCC(COCC[C@@H](CCCCCCC)OC(=O)CCC/C=C\CCCCCC)NC(=O)CCCCCCCCCCCCC)NC(=O)CCCCCCCCCCCCC.[H-].[H-].[Na+].[Na+]. The second kappa shape index (κ2) is 81.4. The Morgan fingerprint density at radius 3 is 0.966 bits per heavy atom. The van der Waals surface area contributed by atoms with Crippen LogP contribution in [0.15, 0.2) is 24.3 Å². The fraction of sp³-hybridized carbons (Fsp3) is 0.888. The van der Waals surface area contributed by atoms with Gasteiger partial charge in [0.05, 0.1) is 64.9 Å². The van der Waals surface area contributed by atoms with Gasteiger partial charge in [0.25, 0.3) is 11.8 Å². The first kappa shape index (κ1) is 117. The van der Waals surface area contributed by atoms with Gasteiger partial charge in [0.1, 0.15) is 12.2 Å². The molecule has 0 aliphatic carbocycles. The second-order valence-corrected chi connectivity index (χ2v) is 35.0. The average molecular weight is 1720 g/mol. The molecule has 1 fully saturated rings. The van der Waals surface area contributed by atoms with Crippen molar-refractivity contribution in [2.45, 2.75) is 444 Å². The number of carbonyl (C=O) groups excluding carboxylic acids is 6. The normalized spacial score (nSPS) is 16.0. The van der Waals surface area contributed by atoms with Crippen molar-refractivity contribution in [3.05, 3.63) is 24.3 Å². The van der Waals surface area contributed by atoms with Gasteiger partial charge in [-0.2, -0.15) is 0 Å². The van der Waals surface area contributed by atoms with Crippen molar-refractivity contribution in [3.63, 3.8) is 0 Å². The van der Waals surface area contributed by atoms with Gasteiger partial charge < -0.3 is 62.3 Å². The van der Waals surface area contributed by atoms with Crippen LogP contribution in [-0.4, -0.2) is 154 Å². The molecule has 1 aliphatic heterocycles. The van der Waals surface area contributed by atoms with Crippen molar-refractivity contribution < 1.29 is 156 Å². The van der Waals surface area contributed by atoms with E-state index in [9.17, 15) is 47.7 Å². The van der Waals surface area contributed by atoms with Crippen LogP contribution >= 0.6 is 15.6 Å². The third-order valence-corrected chi connectivity index (χ3v) is 22.5. The number of phosphoric ester groups is 2. The maximum absolute atomic E-state index is 13.6. The molecule has 0 radical (unpaired) electrons. The molecular weight excluding hydrogens is 1550 g/mol. The fourth-order valence-electron chi connectivity index (χ4n) is 13.6. The molecule has 0 spiro atoms. The maximum atomic E-state index is 13.6. The summed E-state index contributed by atoms with van der Waals surface area (Å²) in [6.45, 7) is 13.9. The Hall–Kier alpha value is -1.64. The van der Waals surface area contributed by atoms with Gasteiger partial charge >= 0.3 is 86.7 Å². The molecule has 1 heterocycles. The summed E-state index contributed by atoms with van der Waals surface area (Å²) in [5.74, 6) is -4.02. The van der Waals surface area contributed by atoms with Gasteiger partial charge in [-0.05, 0) is 104 Å². The Morgan fingerprint density at radius 1 is 0.368 bits per heavy atom. The molecule has 24 nitrogen and oxygen atoms in total. The molecule has 1 rings (SSSR count). The van der Waals surface area contributed by atoms with E-state index in [4.69, 9.17) is 46.5 Å². The van der Waals surface area contributed by atoms with E-state index in [2.05, 4.69) is 87.1 Å². The predicted octanol–water partition coefficient (Wildman–Crippen LogP) is 15.4. The molecule has 6 N–H and O–H groups in total. The molecule has 0 aromatic rings. The van der Waals surface area contributed by atoms with Crippen LogP contribution in [0.3, 0.4) is 0 Å². The van der Waals surface area contributed by atoms with Crippen LogP contribution in [0.5, 0.6) is 0 Å². The number of nitrogens with one attached hydrogen (secondary N) is 4. The van der Waals surface area contributed by atoms with E-state index in [1.807, 2.05) is 0 Å². The number of unbranched alkanes of at least 4 members (excludes halogenated alkanes) is 38. The number of ether oxygens (including phenoxy) is 6. The predicted molar refractivity (Wildman–Crippen MR) is 462 cm³/mol. The van der Waals surface area contributed by atoms with E-state index in [-0.39, 0.29) is 150 Å². The zero-order valence-corrected chi connectivity index (χ0v) is 81.5. The molecule has 0 saturated carbocycles. The summed E-state index contributed by atoms with van der Waals surface area (Å²) >= 11 is 0. The third-order valence-electron chi connectivity index (χ3n) is 20.5. The molecule has 4 unspecified atom stereocenters. The Labute approximate surface area is 757 Å². The van der Waals surface area contributed by atoms with Crippen LogP contribution in [0, 0.1) is 0 Å². The zero-order chi connectivity index (χ0) is 84.4. The van der Waals surface area contributed by atoms with E-state index in [1.165, 1.54) is 155 Å². The van der Waals surface area contributed by atoms with Crippen LogP contribution < -0.4 is 80.4 Å². The second-order valence-electron chi connectivity index (χ2n) is 32.1. The molecule has 0 aromatic heterocycles. The quantitative estimate of drug-likeness (QED) is 0.0108. The summed E-state index contributed by atoms with van der Waals surface area (Å²) in [6.07, 6.45) is 58.6. The number of hydrogen-bond acceptors (Lipinski definition) is 18. The first-order chi connectivity index (χ1) is 55.6. The summed E-state index contributed by atoms with van der Waals surface area (Å²) in [6, 6.07) is -1.70. The Morgan fingerprint density at radius 2 is 0.650 bits per heavy atom. The summed E-state index contributed by atoms with van der Waals surface area (Å²) in [7, 11) is -9.60. The van der Waals surface area contributed by atoms with Gasteiger partial charge in [0, 0.05) is 51.6 Å². The van der Waals surface area contributed by atoms with Crippen LogP contribution in [-0.2, 0) is 84.4 Å². The van der Waals surface area contributed by atoms with Gasteiger partial charge in [0.2, 0.25) is 11.8 Å². The van der Waals surface area contributed by atoms with Gasteiger partial charge in [-0.25, -0.2) is 9.13 Å². The van der Waals surface area contributed by atoms with Crippen LogP contribution in [0.2, 0.25) is 0 Å². The molecule has 0 aromatic carbocycles. The molecule has 1 aliphatic rings. The number of amides is 4. The molecule has 117 heavy (non-hydrogen) atoms. The first-order valence-corrected chi connectivity index (χ1v) is 49.2. The van der Waals surface area contributed by atoms with E-state index in [1.54, 1.807) is 0 Å². The van der Waals surface area contributed by atoms with Gasteiger partial charge in [-0.15, -0.1) is 0 Å². The molecule has 4 amide bonds. The topological polar surface area (TPSA) is 317 Å².